The maximum absolute atomic E-state index is 5.97. The molecule has 4 nitrogen and oxygen atoms in total. The number of thiophene rings is 1. The van der Waals surface area contributed by atoms with Gasteiger partial charge in [0, 0.05) is 24.0 Å². The summed E-state index contributed by atoms with van der Waals surface area (Å²) in [6.07, 6.45) is 2.68. The molecule has 0 fully saturated rings. The van der Waals surface area contributed by atoms with Gasteiger partial charge in [-0.1, -0.05) is 18.5 Å². The van der Waals surface area contributed by atoms with Gasteiger partial charge in [-0.15, -0.1) is 11.3 Å². The summed E-state index contributed by atoms with van der Waals surface area (Å²) < 4.78 is 0.818. The van der Waals surface area contributed by atoms with Crippen LogP contribution in [0.2, 0.25) is 4.34 Å². The number of nitrogens with zero attached hydrogens (tertiary/aromatic N) is 3. The minimum absolute atomic E-state index is 0.794. The molecule has 2 aromatic rings. The topological polar surface area (TPSA) is 41.1 Å². The second-order valence-electron chi connectivity index (χ2n) is 4.66. The molecule has 0 saturated heterocycles. The Hall–Kier alpha value is -1.33. The summed E-state index contributed by atoms with van der Waals surface area (Å²) in [4.78, 5) is 12.0. The van der Waals surface area contributed by atoms with Crippen LogP contribution in [0, 0.1) is 6.92 Å². The highest BCUT2D eigenvalue weighted by Gasteiger charge is 2.12. The quantitative estimate of drug-likeness (QED) is 0.877. The standard InChI is InChI=1S/C14H19ClN4S/c1-4-7-16-13-10(2)14(18-9-17-13)19(3)8-11-5-6-12(15)20-11/h5-6,9H,4,7-8H2,1-3H3,(H,16,17,18). The molecule has 6 heteroatoms. The van der Waals surface area contributed by atoms with Crippen LogP contribution >= 0.6 is 22.9 Å². The number of hydrogen-bond acceptors (Lipinski definition) is 5. The molecule has 0 bridgehead atoms. The van der Waals surface area contributed by atoms with Gasteiger partial charge in [0.15, 0.2) is 0 Å². The molecule has 0 saturated carbocycles. The van der Waals surface area contributed by atoms with Crippen LogP contribution in [-0.2, 0) is 6.54 Å². The van der Waals surface area contributed by atoms with Gasteiger partial charge in [-0.3, -0.25) is 0 Å². The fourth-order valence-corrected chi connectivity index (χ4v) is 3.13. The summed E-state index contributed by atoms with van der Waals surface area (Å²) in [5.74, 6) is 1.86. The van der Waals surface area contributed by atoms with E-state index in [1.807, 2.05) is 20.0 Å². The van der Waals surface area contributed by atoms with Crippen LogP contribution in [0.25, 0.3) is 0 Å². The molecular weight excluding hydrogens is 292 g/mol. The van der Waals surface area contributed by atoms with Crippen molar-refractivity contribution in [2.24, 2.45) is 0 Å². The van der Waals surface area contributed by atoms with Crippen LogP contribution in [0.1, 0.15) is 23.8 Å². The monoisotopic (exact) mass is 310 g/mol. The van der Waals surface area contributed by atoms with Gasteiger partial charge in [-0.2, -0.15) is 0 Å². The molecule has 0 radical (unpaired) electrons. The molecule has 2 heterocycles. The number of rotatable bonds is 6. The normalized spacial score (nSPS) is 10.6. The predicted molar refractivity (Wildman–Crippen MR) is 87.0 cm³/mol. The molecule has 2 aromatic heterocycles. The van der Waals surface area contributed by atoms with Crippen LogP contribution in [-0.4, -0.2) is 23.6 Å². The molecule has 0 aliphatic rings. The largest absolute Gasteiger partial charge is 0.370 e. The molecule has 1 N–H and O–H groups in total. The van der Waals surface area contributed by atoms with Gasteiger partial charge in [-0.25, -0.2) is 9.97 Å². The van der Waals surface area contributed by atoms with Crippen molar-refractivity contribution in [2.45, 2.75) is 26.8 Å². The molecule has 0 amide bonds. The Bertz CT molecular complexity index is 570. The van der Waals surface area contributed by atoms with Crippen molar-refractivity contribution in [3.8, 4) is 0 Å². The Balaban J connectivity index is 2.14. The van der Waals surface area contributed by atoms with Crippen molar-refractivity contribution in [1.29, 1.82) is 0 Å². The summed E-state index contributed by atoms with van der Waals surface area (Å²) in [6.45, 7) is 5.90. The first-order valence-electron chi connectivity index (χ1n) is 6.62. The van der Waals surface area contributed by atoms with E-state index >= 15 is 0 Å². The van der Waals surface area contributed by atoms with E-state index in [4.69, 9.17) is 11.6 Å². The van der Waals surface area contributed by atoms with E-state index in [9.17, 15) is 0 Å². The van der Waals surface area contributed by atoms with E-state index in [1.165, 1.54) is 4.88 Å². The zero-order valence-electron chi connectivity index (χ0n) is 12.0. The number of halogens is 1. The summed E-state index contributed by atoms with van der Waals surface area (Å²) in [5, 5.41) is 3.33. The molecule has 0 unspecified atom stereocenters. The molecular formula is C14H19ClN4S. The van der Waals surface area contributed by atoms with Crippen LogP contribution in [0.15, 0.2) is 18.5 Å². The van der Waals surface area contributed by atoms with Gasteiger partial charge in [0.2, 0.25) is 0 Å². The predicted octanol–water partition coefficient (Wildman–Crippen LogP) is 3.96. The SMILES string of the molecule is CCCNc1ncnc(N(C)Cc2ccc(Cl)s2)c1C. The molecule has 2 rings (SSSR count). The third-order valence-corrected chi connectivity index (χ3v) is 4.20. The Morgan fingerprint density at radius 1 is 1.35 bits per heavy atom. The van der Waals surface area contributed by atoms with E-state index in [2.05, 4.69) is 33.2 Å². The number of aromatic nitrogens is 2. The van der Waals surface area contributed by atoms with Gasteiger partial charge in [-0.05, 0) is 25.5 Å². The average molecular weight is 311 g/mol. The maximum Gasteiger partial charge on any atom is 0.137 e. The Morgan fingerprint density at radius 3 is 2.80 bits per heavy atom. The summed E-state index contributed by atoms with van der Waals surface area (Å²) in [7, 11) is 2.03. The molecule has 0 atom stereocenters. The zero-order chi connectivity index (χ0) is 14.5. The Morgan fingerprint density at radius 2 is 2.15 bits per heavy atom. The van der Waals surface area contributed by atoms with Crippen LogP contribution in [0.3, 0.4) is 0 Å². The van der Waals surface area contributed by atoms with E-state index in [-0.39, 0.29) is 0 Å². The Kier molecular flexibility index (Phi) is 5.20. The van der Waals surface area contributed by atoms with Crippen molar-refractivity contribution in [2.75, 3.05) is 23.8 Å². The highest BCUT2D eigenvalue weighted by atomic mass is 35.5. The van der Waals surface area contributed by atoms with Crippen molar-refractivity contribution in [3.63, 3.8) is 0 Å². The van der Waals surface area contributed by atoms with E-state index in [0.29, 0.717) is 0 Å². The summed E-state index contributed by atoms with van der Waals surface area (Å²) >= 11 is 7.57. The van der Waals surface area contributed by atoms with Crippen molar-refractivity contribution >= 4 is 34.6 Å². The minimum Gasteiger partial charge on any atom is -0.370 e. The number of hydrogen-bond donors (Lipinski definition) is 1. The highest BCUT2D eigenvalue weighted by molar-refractivity contribution is 7.16. The minimum atomic E-state index is 0.794. The zero-order valence-corrected chi connectivity index (χ0v) is 13.6. The van der Waals surface area contributed by atoms with Gasteiger partial charge in [0.1, 0.15) is 18.0 Å². The first-order valence-corrected chi connectivity index (χ1v) is 7.82. The van der Waals surface area contributed by atoms with E-state index in [0.717, 1.165) is 41.0 Å². The third kappa shape index (κ3) is 3.61. The lowest BCUT2D eigenvalue weighted by Gasteiger charge is -2.20. The first-order chi connectivity index (χ1) is 9.61. The lowest BCUT2D eigenvalue weighted by Crippen LogP contribution is -2.19. The lowest BCUT2D eigenvalue weighted by molar-refractivity contribution is 0.889. The van der Waals surface area contributed by atoms with Gasteiger partial charge in [0.25, 0.3) is 0 Å². The molecule has 20 heavy (non-hydrogen) atoms. The fourth-order valence-electron chi connectivity index (χ4n) is 1.99. The molecule has 0 aliphatic carbocycles. The average Bonchev–Trinajstić information content (AvgIpc) is 2.83. The smallest absolute Gasteiger partial charge is 0.137 e. The van der Waals surface area contributed by atoms with E-state index in [1.54, 1.807) is 17.7 Å². The second kappa shape index (κ2) is 6.90. The first kappa shape index (κ1) is 15.1. The number of nitrogens with one attached hydrogen (secondary N) is 1. The third-order valence-electron chi connectivity index (χ3n) is 2.98. The van der Waals surface area contributed by atoms with Crippen LogP contribution < -0.4 is 10.2 Å². The number of anilines is 2. The molecule has 108 valence electrons. The van der Waals surface area contributed by atoms with Gasteiger partial charge in [0.05, 0.1) is 10.9 Å². The second-order valence-corrected chi connectivity index (χ2v) is 6.46. The van der Waals surface area contributed by atoms with Crippen LogP contribution in [0.4, 0.5) is 11.6 Å². The molecule has 0 aromatic carbocycles. The molecule has 0 aliphatic heterocycles. The summed E-state index contributed by atoms with van der Waals surface area (Å²) in [6, 6.07) is 3.98. The van der Waals surface area contributed by atoms with E-state index < -0.39 is 0 Å². The highest BCUT2D eigenvalue weighted by Crippen LogP contribution is 2.26. The van der Waals surface area contributed by atoms with Crippen molar-refractivity contribution < 1.29 is 0 Å². The lowest BCUT2D eigenvalue weighted by atomic mass is 10.3. The van der Waals surface area contributed by atoms with Gasteiger partial charge < -0.3 is 10.2 Å². The van der Waals surface area contributed by atoms with Crippen LogP contribution in [0.5, 0.6) is 0 Å². The Labute approximate surface area is 128 Å². The summed E-state index contributed by atoms with van der Waals surface area (Å²) in [5.41, 5.74) is 1.08. The molecule has 0 spiro atoms. The van der Waals surface area contributed by atoms with Crippen molar-refractivity contribution in [3.05, 3.63) is 33.2 Å². The fraction of sp³-hybridized carbons (Fsp3) is 0.429. The maximum atomic E-state index is 5.97. The van der Waals surface area contributed by atoms with Gasteiger partial charge >= 0.3 is 0 Å². The van der Waals surface area contributed by atoms with Crippen molar-refractivity contribution in [1.82, 2.24) is 9.97 Å².